The second-order valence-corrected chi connectivity index (χ2v) is 10.8. The van der Waals surface area contributed by atoms with Crippen LogP contribution in [0.4, 0.5) is 0 Å². The van der Waals surface area contributed by atoms with Crippen LogP contribution >= 0.6 is 23.2 Å². The van der Waals surface area contributed by atoms with Gasteiger partial charge in [0.25, 0.3) is 5.91 Å². The summed E-state index contributed by atoms with van der Waals surface area (Å²) in [5.74, 6) is 0.430. The number of nitrogens with zero attached hydrogens (tertiary/aromatic N) is 3. The maximum atomic E-state index is 14.0. The zero-order valence-corrected chi connectivity index (χ0v) is 21.8. The number of pyridine rings is 1. The summed E-state index contributed by atoms with van der Waals surface area (Å²) in [5, 5.41) is 9.03. The van der Waals surface area contributed by atoms with Crippen LogP contribution in [0.2, 0.25) is 10.0 Å². The Hall–Kier alpha value is -3.47. The number of allylic oxidation sites excluding steroid dienone is 1. The molecule has 1 fully saturated rings. The van der Waals surface area contributed by atoms with Crippen molar-refractivity contribution in [3.63, 3.8) is 0 Å². The highest BCUT2D eigenvalue weighted by atomic mass is 35.5. The first-order valence-corrected chi connectivity index (χ1v) is 13.2. The predicted octanol–water partition coefficient (Wildman–Crippen LogP) is 8.22. The maximum Gasteiger partial charge on any atom is 0.274 e. The topological polar surface area (TPSA) is 45.6 Å². The van der Waals surface area contributed by atoms with E-state index in [0.717, 1.165) is 40.6 Å². The normalized spacial score (nSPS) is 22.2. The molecule has 0 bridgehead atoms. The smallest absolute Gasteiger partial charge is 0.267 e. The fourth-order valence-corrected chi connectivity index (χ4v) is 5.80. The number of amides is 1. The van der Waals surface area contributed by atoms with Crippen molar-refractivity contribution in [1.82, 2.24) is 9.99 Å². The first-order valence-electron chi connectivity index (χ1n) is 12.4. The fourth-order valence-electron chi connectivity index (χ4n) is 5.55. The first-order chi connectivity index (χ1) is 18.0. The molecule has 2 aliphatic rings. The summed E-state index contributed by atoms with van der Waals surface area (Å²) in [4.78, 5) is 18.4. The minimum absolute atomic E-state index is 0.0922. The van der Waals surface area contributed by atoms with Crippen LogP contribution in [0.25, 0.3) is 17.0 Å². The third-order valence-corrected chi connectivity index (χ3v) is 7.75. The van der Waals surface area contributed by atoms with E-state index in [1.807, 2.05) is 78.9 Å². The van der Waals surface area contributed by atoms with Crippen LogP contribution in [0.5, 0.6) is 0 Å². The van der Waals surface area contributed by atoms with Crippen molar-refractivity contribution < 1.29 is 4.79 Å². The zero-order chi connectivity index (χ0) is 25.5. The summed E-state index contributed by atoms with van der Waals surface area (Å²) >= 11 is 12.3. The van der Waals surface area contributed by atoms with Gasteiger partial charge < -0.3 is 0 Å². The van der Waals surface area contributed by atoms with Gasteiger partial charge in [0, 0.05) is 33.1 Å². The maximum absolute atomic E-state index is 14.0. The molecule has 4 nitrogen and oxygen atoms in total. The molecule has 2 heterocycles. The number of rotatable bonds is 3. The molecule has 6 rings (SSSR count). The van der Waals surface area contributed by atoms with Gasteiger partial charge in [-0.25, -0.2) is 5.01 Å². The number of aromatic nitrogens is 1. The Bertz CT molecular complexity index is 1540. The summed E-state index contributed by atoms with van der Waals surface area (Å²) < 4.78 is 0. The van der Waals surface area contributed by atoms with Gasteiger partial charge in [-0.2, -0.15) is 5.10 Å². The number of hydrazone groups is 1. The monoisotopic (exact) mass is 525 g/mol. The van der Waals surface area contributed by atoms with Gasteiger partial charge in [-0.1, -0.05) is 60.5 Å². The quantitative estimate of drug-likeness (QED) is 0.270. The Labute approximate surface area is 226 Å². The van der Waals surface area contributed by atoms with Gasteiger partial charge in [-0.3, -0.25) is 9.78 Å². The molecule has 1 aliphatic heterocycles. The van der Waals surface area contributed by atoms with E-state index in [1.54, 1.807) is 11.2 Å². The number of carbonyl (C=O) groups is 1. The SMILES string of the molecule is CC1C/C(=C\c2ccc(Cl)cc2)C2=NN(C(=O)c3ccc4ncccc4c3)C(c3ccc(Cl)cc3)C2C1. The number of hydrogen-bond acceptors (Lipinski definition) is 3. The van der Waals surface area contributed by atoms with Crippen molar-refractivity contribution in [3.05, 3.63) is 117 Å². The van der Waals surface area contributed by atoms with Crippen molar-refractivity contribution in [2.45, 2.75) is 25.8 Å². The molecule has 3 aromatic carbocycles. The van der Waals surface area contributed by atoms with Gasteiger partial charge in [-0.05, 0) is 90.1 Å². The van der Waals surface area contributed by atoms with Crippen LogP contribution in [0, 0.1) is 11.8 Å². The van der Waals surface area contributed by atoms with Crippen LogP contribution in [-0.4, -0.2) is 21.6 Å². The largest absolute Gasteiger partial charge is 0.274 e. The van der Waals surface area contributed by atoms with Crippen LogP contribution in [0.1, 0.15) is 47.3 Å². The third kappa shape index (κ3) is 4.68. The van der Waals surface area contributed by atoms with Crippen molar-refractivity contribution in [1.29, 1.82) is 0 Å². The van der Waals surface area contributed by atoms with Gasteiger partial charge >= 0.3 is 0 Å². The summed E-state index contributed by atoms with van der Waals surface area (Å²) in [6, 6.07) is 24.9. The molecular formula is C31H25Cl2N3O. The van der Waals surface area contributed by atoms with Crippen molar-refractivity contribution in [2.24, 2.45) is 16.9 Å². The number of halogens is 2. The Balaban J connectivity index is 1.45. The van der Waals surface area contributed by atoms with E-state index in [2.05, 4.69) is 18.0 Å². The fraction of sp³-hybridized carbons (Fsp3) is 0.194. The van der Waals surface area contributed by atoms with Gasteiger partial charge in [0.1, 0.15) is 0 Å². The van der Waals surface area contributed by atoms with Crippen molar-refractivity contribution >= 4 is 51.8 Å². The van der Waals surface area contributed by atoms with Gasteiger partial charge in [0.2, 0.25) is 0 Å². The molecule has 1 amide bonds. The Morgan fingerprint density at radius 3 is 2.46 bits per heavy atom. The molecule has 0 saturated heterocycles. The lowest BCUT2D eigenvalue weighted by atomic mass is 9.73. The summed E-state index contributed by atoms with van der Waals surface area (Å²) in [5.41, 5.74) is 5.72. The molecule has 1 saturated carbocycles. The van der Waals surface area contributed by atoms with Crippen molar-refractivity contribution in [3.8, 4) is 0 Å². The van der Waals surface area contributed by atoms with Crippen LogP contribution < -0.4 is 0 Å². The molecule has 0 spiro atoms. The van der Waals surface area contributed by atoms with Gasteiger partial charge in [-0.15, -0.1) is 0 Å². The highest BCUT2D eigenvalue weighted by Crippen LogP contribution is 2.46. The van der Waals surface area contributed by atoms with Crippen molar-refractivity contribution in [2.75, 3.05) is 0 Å². The summed E-state index contributed by atoms with van der Waals surface area (Å²) in [6.45, 7) is 2.27. The second-order valence-electron chi connectivity index (χ2n) is 9.91. The molecule has 6 heteroatoms. The molecule has 37 heavy (non-hydrogen) atoms. The molecule has 4 aromatic rings. The summed E-state index contributed by atoms with van der Waals surface area (Å²) in [6.07, 6.45) is 5.81. The van der Waals surface area contributed by atoms with E-state index in [4.69, 9.17) is 28.3 Å². The summed E-state index contributed by atoms with van der Waals surface area (Å²) in [7, 11) is 0. The second kappa shape index (κ2) is 9.77. The standard InChI is InChI=1S/C31H25Cl2N3O/c1-19-15-24(17-20-4-9-25(32)10-5-20)29-27(16-19)30(21-6-11-26(33)12-7-21)36(35-29)31(37)23-8-13-28-22(18-23)3-2-14-34-28/h2-14,17-19,27,30H,15-16H2,1H3/b24-17+. The molecule has 184 valence electrons. The van der Waals surface area contributed by atoms with E-state index < -0.39 is 0 Å². The molecular weight excluding hydrogens is 501 g/mol. The lowest BCUT2D eigenvalue weighted by molar-refractivity contribution is 0.0676. The highest BCUT2D eigenvalue weighted by molar-refractivity contribution is 6.30. The Morgan fingerprint density at radius 1 is 0.973 bits per heavy atom. The van der Waals surface area contributed by atoms with Gasteiger partial charge in [0.15, 0.2) is 0 Å². The number of carbonyl (C=O) groups excluding carboxylic acids is 1. The predicted molar refractivity (Wildman–Crippen MR) is 151 cm³/mol. The molecule has 1 aliphatic carbocycles. The average Bonchev–Trinajstić information content (AvgIpc) is 3.29. The number of hydrogen-bond donors (Lipinski definition) is 0. The Morgan fingerprint density at radius 2 is 1.70 bits per heavy atom. The first kappa shape index (κ1) is 23.9. The Kier molecular flexibility index (Phi) is 6.31. The highest BCUT2D eigenvalue weighted by Gasteiger charge is 2.45. The number of benzene rings is 3. The zero-order valence-electron chi connectivity index (χ0n) is 20.3. The molecule has 1 aromatic heterocycles. The number of fused-ring (bicyclic) bond motifs is 2. The lowest BCUT2D eigenvalue weighted by Gasteiger charge is -2.32. The molecule has 3 unspecified atom stereocenters. The van der Waals surface area contributed by atoms with Gasteiger partial charge in [0.05, 0.1) is 17.3 Å². The molecule has 0 N–H and O–H groups in total. The third-order valence-electron chi connectivity index (χ3n) is 7.25. The average molecular weight is 526 g/mol. The lowest BCUT2D eigenvalue weighted by Crippen LogP contribution is -2.33. The van der Waals surface area contributed by atoms with Crippen LogP contribution in [0.3, 0.4) is 0 Å². The van der Waals surface area contributed by atoms with Crippen LogP contribution in [-0.2, 0) is 0 Å². The molecule has 0 radical (unpaired) electrons. The van der Waals surface area contributed by atoms with E-state index in [9.17, 15) is 4.79 Å². The van der Waals surface area contributed by atoms with E-state index in [-0.39, 0.29) is 17.9 Å². The molecule has 3 atom stereocenters. The minimum atomic E-state index is -0.208. The van der Waals surface area contributed by atoms with E-state index >= 15 is 0 Å². The van der Waals surface area contributed by atoms with E-state index in [0.29, 0.717) is 21.5 Å². The van der Waals surface area contributed by atoms with E-state index in [1.165, 1.54) is 5.57 Å². The van der Waals surface area contributed by atoms with Crippen LogP contribution in [0.15, 0.2) is 95.7 Å². The minimum Gasteiger partial charge on any atom is -0.267 e.